The van der Waals surface area contributed by atoms with Gasteiger partial charge in [-0.15, -0.1) is 0 Å². The summed E-state index contributed by atoms with van der Waals surface area (Å²) in [6.45, 7) is 10.8. The number of nitrogens with one attached hydrogen (secondary N) is 1. The van der Waals surface area contributed by atoms with Gasteiger partial charge in [0.15, 0.2) is 0 Å². The minimum absolute atomic E-state index is 0.728. The lowest BCUT2D eigenvalue weighted by molar-refractivity contribution is 0.0830. The maximum Gasteiger partial charge on any atom is 0.0221 e. The first kappa shape index (κ1) is 14.3. The van der Waals surface area contributed by atoms with Crippen molar-refractivity contribution in [3.05, 3.63) is 0 Å². The van der Waals surface area contributed by atoms with Crippen LogP contribution in [0.1, 0.15) is 59.3 Å². The van der Waals surface area contributed by atoms with Gasteiger partial charge in [0.05, 0.1) is 0 Å². The lowest BCUT2D eigenvalue weighted by Crippen LogP contribution is -2.56. The zero-order valence-corrected chi connectivity index (χ0v) is 12.6. The lowest BCUT2D eigenvalue weighted by Gasteiger charge is -2.43. The van der Waals surface area contributed by atoms with Crippen LogP contribution < -0.4 is 5.32 Å². The van der Waals surface area contributed by atoms with Crippen LogP contribution in [0, 0.1) is 11.8 Å². The van der Waals surface area contributed by atoms with Crippen LogP contribution in [-0.4, -0.2) is 36.6 Å². The Balaban J connectivity index is 1.87. The van der Waals surface area contributed by atoms with Crippen LogP contribution >= 0.6 is 0 Å². The van der Waals surface area contributed by atoms with Gasteiger partial charge < -0.3 is 5.32 Å². The molecule has 0 radical (unpaired) electrons. The van der Waals surface area contributed by atoms with E-state index >= 15 is 0 Å². The molecule has 2 nitrogen and oxygen atoms in total. The van der Waals surface area contributed by atoms with Crippen LogP contribution in [0.25, 0.3) is 0 Å². The van der Waals surface area contributed by atoms with Gasteiger partial charge >= 0.3 is 0 Å². The summed E-state index contributed by atoms with van der Waals surface area (Å²) in [5.41, 5.74) is 0. The number of hydrogen-bond donors (Lipinski definition) is 1. The van der Waals surface area contributed by atoms with Crippen LogP contribution in [0.4, 0.5) is 0 Å². The molecule has 18 heavy (non-hydrogen) atoms. The molecule has 2 fully saturated rings. The van der Waals surface area contributed by atoms with Crippen molar-refractivity contribution < 1.29 is 0 Å². The Hall–Kier alpha value is -0.0800. The Morgan fingerprint density at radius 2 is 2.11 bits per heavy atom. The molecule has 1 N–H and O–H groups in total. The molecule has 1 saturated carbocycles. The van der Waals surface area contributed by atoms with Gasteiger partial charge in [-0.3, -0.25) is 4.90 Å². The molecule has 4 atom stereocenters. The molecule has 0 bridgehead atoms. The van der Waals surface area contributed by atoms with E-state index in [2.05, 4.69) is 31.0 Å². The maximum atomic E-state index is 3.72. The van der Waals surface area contributed by atoms with Crippen molar-refractivity contribution in [3.63, 3.8) is 0 Å². The Morgan fingerprint density at radius 1 is 1.28 bits per heavy atom. The maximum absolute atomic E-state index is 3.72. The van der Waals surface area contributed by atoms with E-state index in [-0.39, 0.29) is 0 Å². The summed E-state index contributed by atoms with van der Waals surface area (Å²) in [5.74, 6) is 1.82. The molecule has 2 rings (SSSR count). The predicted octanol–water partition coefficient (Wildman–Crippen LogP) is 3.28. The third-order valence-corrected chi connectivity index (χ3v) is 5.42. The molecule has 2 heteroatoms. The van der Waals surface area contributed by atoms with Gasteiger partial charge in [0, 0.05) is 31.7 Å². The monoisotopic (exact) mass is 252 g/mol. The molecule has 2 aliphatic rings. The van der Waals surface area contributed by atoms with E-state index in [1.54, 1.807) is 0 Å². The van der Waals surface area contributed by atoms with E-state index in [9.17, 15) is 0 Å². The Morgan fingerprint density at radius 3 is 2.83 bits per heavy atom. The second-order valence-electron chi connectivity index (χ2n) is 6.54. The van der Waals surface area contributed by atoms with Gasteiger partial charge in [0.2, 0.25) is 0 Å². The molecule has 1 aliphatic heterocycles. The van der Waals surface area contributed by atoms with Crippen molar-refractivity contribution in [1.29, 1.82) is 0 Å². The molecular formula is C16H32N2. The van der Waals surface area contributed by atoms with E-state index in [0.717, 1.165) is 23.9 Å². The van der Waals surface area contributed by atoms with Crippen molar-refractivity contribution >= 4 is 0 Å². The van der Waals surface area contributed by atoms with Gasteiger partial charge in [-0.1, -0.05) is 46.5 Å². The standard InChI is InChI=1S/C16H32N2/c1-4-13(3)16-12-18(10-9-17-16)15-8-6-7-14(5-2)11-15/h13-17H,4-12H2,1-3H3. The van der Waals surface area contributed by atoms with Crippen LogP contribution in [-0.2, 0) is 0 Å². The van der Waals surface area contributed by atoms with Crippen LogP contribution in [0.2, 0.25) is 0 Å². The summed E-state index contributed by atoms with van der Waals surface area (Å²) in [6, 6.07) is 1.61. The topological polar surface area (TPSA) is 15.3 Å². The zero-order chi connectivity index (χ0) is 13.0. The first-order chi connectivity index (χ1) is 8.74. The SMILES string of the molecule is CCC1CCCC(N2CCNC(C(C)CC)C2)C1. The average Bonchev–Trinajstić information content (AvgIpc) is 2.46. The second kappa shape index (κ2) is 6.91. The predicted molar refractivity (Wildman–Crippen MR) is 78.9 cm³/mol. The van der Waals surface area contributed by atoms with Crippen molar-refractivity contribution in [1.82, 2.24) is 10.2 Å². The van der Waals surface area contributed by atoms with E-state index < -0.39 is 0 Å². The average molecular weight is 252 g/mol. The molecule has 106 valence electrons. The Kier molecular flexibility index (Phi) is 5.50. The van der Waals surface area contributed by atoms with Gasteiger partial charge in [-0.2, -0.15) is 0 Å². The first-order valence-corrected chi connectivity index (χ1v) is 8.22. The smallest absolute Gasteiger partial charge is 0.0221 e. The van der Waals surface area contributed by atoms with Crippen molar-refractivity contribution in [2.45, 2.75) is 71.4 Å². The highest BCUT2D eigenvalue weighted by Crippen LogP contribution is 2.30. The van der Waals surface area contributed by atoms with Crippen molar-refractivity contribution in [2.24, 2.45) is 11.8 Å². The summed E-state index contributed by atoms with van der Waals surface area (Å²) < 4.78 is 0. The fourth-order valence-electron chi connectivity index (χ4n) is 3.76. The van der Waals surface area contributed by atoms with Gasteiger partial charge in [0.1, 0.15) is 0 Å². The molecule has 1 aliphatic carbocycles. The fraction of sp³-hybridized carbons (Fsp3) is 1.00. The Bertz CT molecular complexity index is 239. The highest BCUT2D eigenvalue weighted by atomic mass is 15.2. The number of nitrogens with zero attached hydrogens (tertiary/aromatic N) is 1. The second-order valence-corrected chi connectivity index (χ2v) is 6.54. The molecule has 4 unspecified atom stereocenters. The summed E-state index contributed by atoms with van der Waals surface area (Å²) in [4.78, 5) is 2.80. The largest absolute Gasteiger partial charge is 0.311 e. The zero-order valence-electron chi connectivity index (χ0n) is 12.6. The van der Waals surface area contributed by atoms with Crippen LogP contribution in [0.3, 0.4) is 0 Å². The minimum Gasteiger partial charge on any atom is -0.311 e. The third-order valence-electron chi connectivity index (χ3n) is 5.42. The van der Waals surface area contributed by atoms with Gasteiger partial charge in [-0.05, 0) is 24.7 Å². The van der Waals surface area contributed by atoms with Gasteiger partial charge in [0.25, 0.3) is 0 Å². The van der Waals surface area contributed by atoms with Crippen molar-refractivity contribution in [2.75, 3.05) is 19.6 Å². The summed E-state index contributed by atoms with van der Waals surface area (Å²) in [5, 5.41) is 3.72. The highest BCUT2D eigenvalue weighted by Gasteiger charge is 2.30. The first-order valence-electron chi connectivity index (χ1n) is 8.22. The van der Waals surface area contributed by atoms with Crippen LogP contribution in [0.5, 0.6) is 0 Å². The molecule has 1 saturated heterocycles. The number of piperazine rings is 1. The fourth-order valence-corrected chi connectivity index (χ4v) is 3.76. The summed E-state index contributed by atoms with van der Waals surface area (Å²) in [6.07, 6.45) is 8.54. The molecule has 0 aromatic heterocycles. The number of hydrogen-bond acceptors (Lipinski definition) is 2. The highest BCUT2D eigenvalue weighted by molar-refractivity contribution is 4.88. The number of rotatable bonds is 4. The van der Waals surface area contributed by atoms with E-state index in [0.29, 0.717) is 0 Å². The quantitative estimate of drug-likeness (QED) is 0.826. The third kappa shape index (κ3) is 3.48. The summed E-state index contributed by atoms with van der Waals surface area (Å²) in [7, 11) is 0. The van der Waals surface area contributed by atoms with E-state index in [4.69, 9.17) is 0 Å². The molecule has 0 aromatic rings. The van der Waals surface area contributed by atoms with E-state index in [1.807, 2.05) is 0 Å². The lowest BCUT2D eigenvalue weighted by atomic mass is 9.83. The summed E-state index contributed by atoms with van der Waals surface area (Å²) >= 11 is 0. The molecule has 0 spiro atoms. The minimum atomic E-state index is 0.728. The Labute approximate surface area is 114 Å². The van der Waals surface area contributed by atoms with E-state index in [1.165, 1.54) is 58.2 Å². The van der Waals surface area contributed by atoms with Crippen molar-refractivity contribution in [3.8, 4) is 0 Å². The molecule has 0 aromatic carbocycles. The molecule has 1 heterocycles. The normalized spacial score (nSPS) is 36.5. The van der Waals surface area contributed by atoms with Crippen LogP contribution in [0.15, 0.2) is 0 Å². The van der Waals surface area contributed by atoms with Gasteiger partial charge in [-0.25, -0.2) is 0 Å². The molecule has 0 amide bonds. The molecular weight excluding hydrogens is 220 g/mol.